The van der Waals surface area contributed by atoms with Crippen LogP contribution >= 0.6 is 11.6 Å². The lowest BCUT2D eigenvalue weighted by Gasteiger charge is -2.06. The van der Waals surface area contributed by atoms with Gasteiger partial charge in [-0.1, -0.05) is 29.8 Å². The van der Waals surface area contributed by atoms with Gasteiger partial charge in [-0.25, -0.2) is 0 Å². The largest absolute Gasteiger partial charge is 0.341 e. The number of carbonyl (C=O) groups excluding carboxylic acids is 1. The maximum absolute atomic E-state index is 10.7. The summed E-state index contributed by atoms with van der Waals surface area (Å²) in [4.78, 5) is 10.7. The Bertz CT molecular complexity index is 476. The summed E-state index contributed by atoms with van der Waals surface area (Å²) in [5.74, 6) is 0. The zero-order valence-electron chi connectivity index (χ0n) is 8.06. The molecule has 2 aromatic rings. The van der Waals surface area contributed by atoms with Crippen LogP contribution < -0.4 is 0 Å². The van der Waals surface area contributed by atoms with E-state index in [1.165, 1.54) is 0 Å². The Morgan fingerprint density at radius 2 is 2.00 bits per heavy atom. The van der Waals surface area contributed by atoms with Crippen LogP contribution in [0.15, 0.2) is 42.6 Å². The number of hydrogen-bond acceptors (Lipinski definition) is 1. The van der Waals surface area contributed by atoms with E-state index < -0.39 is 0 Å². The highest BCUT2D eigenvalue weighted by molar-refractivity contribution is 6.31. The van der Waals surface area contributed by atoms with E-state index in [-0.39, 0.29) is 0 Å². The molecule has 3 heteroatoms. The van der Waals surface area contributed by atoms with E-state index in [1.807, 2.05) is 41.1 Å². The van der Waals surface area contributed by atoms with Gasteiger partial charge in [-0.15, -0.1) is 0 Å². The van der Waals surface area contributed by atoms with Crippen LogP contribution in [0.4, 0.5) is 0 Å². The maximum Gasteiger partial charge on any atom is 0.166 e. The third-order valence-electron chi connectivity index (χ3n) is 2.28. The van der Waals surface area contributed by atoms with Crippen molar-refractivity contribution >= 4 is 17.9 Å². The quantitative estimate of drug-likeness (QED) is 0.728. The minimum absolute atomic E-state index is 0.626. The van der Waals surface area contributed by atoms with E-state index in [1.54, 1.807) is 6.07 Å². The average Bonchev–Trinajstić information content (AvgIpc) is 2.69. The number of aldehydes is 1. The smallest absolute Gasteiger partial charge is 0.166 e. The molecule has 0 aliphatic carbocycles. The van der Waals surface area contributed by atoms with E-state index >= 15 is 0 Å². The summed E-state index contributed by atoms with van der Waals surface area (Å²) in [7, 11) is 0. The molecule has 0 N–H and O–H groups in total. The van der Waals surface area contributed by atoms with Crippen molar-refractivity contribution in [2.75, 3.05) is 0 Å². The molecule has 0 bridgehead atoms. The summed E-state index contributed by atoms with van der Waals surface area (Å²) in [6.45, 7) is 0.626. The molecule has 15 heavy (non-hydrogen) atoms. The lowest BCUT2D eigenvalue weighted by Crippen LogP contribution is -2.02. The molecule has 76 valence electrons. The maximum atomic E-state index is 10.7. The normalized spacial score (nSPS) is 10.2. The Hall–Kier alpha value is -1.54. The van der Waals surface area contributed by atoms with Crippen molar-refractivity contribution < 1.29 is 4.79 Å². The van der Waals surface area contributed by atoms with E-state index in [4.69, 9.17) is 11.6 Å². The van der Waals surface area contributed by atoms with Gasteiger partial charge in [0.2, 0.25) is 0 Å². The van der Waals surface area contributed by atoms with Crippen molar-refractivity contribution in [3.63, 3.8) is 0 Å². The van der Waals surface area contributed by atoms with Gasteiger partial charge in [0.15, 0.2) is 6.29 Å². The molecule has 0 aliphatic rings. The van der Waals surface area contributed by atoms with Gasteiger partial charge < -0.3 is 4.57 Å². The number of hydrogen-bond donors (Lipinski definition) is 0. The lowest BCUT2D eigenvalue weighted by molar-refractivity contribution is 0.111. The first-order chi connectivity index (χ1) is 7.31. The number of benzene rings is 1. The fourth-order valence-electron chi connectivity index (χ4n) is 1.49. The van der Waals surface area contributed by atoms with Gasteiger partial charge in [0.05, 0.1) is 5.69 Å². The third-order valence-corrected chi connectivity index (χ3v) is 2.65. The Kier molecular flexibility index (Phi) is 2.88. The summed E-state index contributed by atoms with van der Waals surface area (Å²) in [5.41, 5.74) is 1.67. The van der Waals surface area contributed by atoms with Gasteiger partial charge in [0, 0.05) is 17.8 Å². The first-order valence-electron chi connectivity index (χ1n) is 4.65. The summed E-state index contributed by atoms with van der Waals surface area (Å²) in [5, 5.41) is 0.725. The standard InChI is InChI=1S/C12H10ClNO/c13-12-6-2-1-4-10(12)8-14-7-3-5-11(14)9-15/h1-7,9H,8H2. The van der Waals surface area contributed by atoms with Crippen LogP contribution in [-0.4, -0.2) is 10.9 Å². The molecule has 0 saturated heterocycles. The predicted octanol–water partition coefficient (Wildman–Crippen LogP) is 3.00. The van der Waals surface area contributed by atoms with Gasteiger partial charge in [0.1, 0.15) is 0 Å². The van der Waals surface area contributed by atoms with Crippen LogP contribution in [0.5, 0.6) is 0 Å². The van der Waals surface area contributed by atoms with Crippen LogP contribution in [0, 0.1) is 0 Å². The molecule has 1 aromatic carbocycles. The monoisotopic (exact) mass is 219 g/mol. The molecule has 2 nitrogen and oxygen atoms in total. The number of nitrogens with zero attached hydrogens (tertiary/aromatic N) is 1. The zero-order chi connectivity index (χ0) is 10.7. The first-order valence-corrected chi connectivity index (χ1v) is 5.03. The predicted molar refractivity (Wildman–Crippen MR) is 60.4 cm³/mol. The minimum Gasteiger partial charge on any atom is -0.341 e. The molecular weight excluding hydrogens is 210 g/mol. The Balaban J connectivity index is 2.29. The van der Waals surface area contributed by atoms with Crippen LogP contribution in [0.2, 0.25) is 5.02 Å². The Morgan fingerprint density at radius 1 is 1.20 bits per heavy atom. The number of aromatic nitrogens is 1. The van der Waals surface area contributed by atoms with Crippen LogP contribution in [0.25, 0.3) is 0 Å². The summed E-state index contributed by atoms with van der Waals surface area (Å²) in [6, 6.07) is 11.3. The lowest BCUT2D eigenvalue weighted by atomic mass is 10.2. The van der Waals surface area contributed by atoms with Crippen molar-refractivity contribution in [1.29, 1.82) is 0 Å². The SMILES string of the molecule is O=Cc1cccn1Cc1ccccc1Cl. The highest BCUT2D eigenvalue weighted by Gasteiger charge is 2.02. The van der Waals surface area contributed by atoms with E-state index in [0.29, 0.717) is 12.2 Å². The highest BCUT2D eigenvalue weighted by Crippen LogP contribution is 2.16. The Morgan fingerprint density at radius 3 is 2.73 bits per heavy atom. The molecule has 2 rings (SSSR count). The molecule has 0 amide bonds. The van der Waals surface area contributed by atoms with E-state index in [0.717, 1.165) is 16.9 Å². The summed E-state index contributed by atoms with van der Waals surface area (Å²) >= 11 is 6.04. The summed E-state index contributed by atoms with van der Waals surface area (Å²) in [6.07, 6.45) is 2.71. The third kappa shape index (κ3) is 2.10. The van der Waals surface area contributed by atoms with E-state index in [2.05, 4.69) is 0 Å². The minimum atomic E-state index is 0.626. The highest BCUT2D eigenvalue weighted by atomic mass is 35.5. The molecule has 0 spiro atoms. The van der Waals surface area contributed by atoms with Crippen molar-refractivity contribution in [1.82, 2.24) is 4.57 Å². The number of rotatable bonds is 3. The van der Waals surface area contributed by atoms with Gasteiger partial charge in [-0.3, -0.25) is 4.79 Å². The number of halogens is 1. The fraction of sp³-hybridized carbons (Fsp3) is 0.0833. The molecule has 0 atom stereocenters. The molecule has 0 fully saturated rings. The molecule has 0 saturated carbocycles. The van der Waals surface area contributed by atoms with Gasteiger partial charge in [0.25, 0.3) is 0 Å². The van der Waals surface area contributed by atoms with Crippen LogP contribution in [0.3, 0.4) is 0 Å². The van der Waals surface area contributed by atoms with Crippen molar-refractivity contribution in [2.24, 2.45) is 0 Å². The number of carbonyl (C=O) groups is 1. The fourth-order valence-corrected chi connectivity index (χ4v) is 1.68. The second kappa shape index (κ2) is 4.32. The molecule has 1 aromatic heterocycles. The van der Waals surface area contributed by atoms with Gasteiger partial charge >= 0.3 is 0 Å². The molecule has 0 radical (unpaired) electrons. The molecular formula is C12H10ClNO. The second-order valence-corrected chi connectivity index (χ2v) is 3.68. The van der Waals surface area contributed by atoms with Crippen LogP contribution in [-0.2, 0) is 6.54 Å². The molecule has 0 aliphatic heterocycles. The van der Waals surface area contributed by atoms with Crippen molar-refractivity contribution in [3.05, 3.63) is 58.9 Å². The molecule has 1 heterocycles. The van der Waals surface area contributed by atoms with Crippen LogP contribution in [0.1, 0.15) is 16.1 Å². The zero-order valence-corrected chi connectivity index (χ0v) is 8.82. The van der Waals surface area contributed by atoms with Crippen molar-refractivity contribution in [2.45, 2.75) is 6.54 Å². The van der Waals surface area contributed by atoms with E-state index in [9.17, 15) is 4.79 Å². The first kappa shape index (κ1) is 9.99. The summed E-state index contributed by atoms with van der Waals surface area (Å²) < 4.78 is 1.87. The average molecular weight is 220 g/mol. The van der Waals surface area contributed by atoms with Gasteiger partial charge in [-0.2, -0.15) is 0 Å². The Labute approximate surface area is 93.1 Å². The second-order valence-electron chi connectivity index (χ2n) is 3.27. The topological polar surface area (TPSA) is 22.0 Å². The van der Waals surface area contributed by atoms with Crippen molar-refractivity contribution in [3.8, 4) is 0 Å². The molecule has 0 unspecified atom stereocenters. The van der Waals surface area contributed by atoms with Gasteiger partial charge in [-0.05, 0) is 23.8 Å².